The Morgan fingerprint density at radius 1 is 1.14 bits per heavy atom. The number of carbonyl (C=O) groups excluding carboxylic acids is 2. The van der Waals surface area contributed by atoms with Gasteiger partial charge in [0.1, 0.15) is 5.82 Å². The summed E-state index contributed by atoms with van der Waals surface area (Å²) < 4.78 is 15.3. The number of hydrogen-bond donors (Lipinski definition) is 2. The zero-order valence-corrected chi connectivity index (χ0v) is 22.0. The Labute approximate surface area is 218 Å². The van der Waals surface area contributed by atoms with Gasteiger partial charge in [-0.25, -0.2) is 9.07 Å². The van der Waals surface area contributed by atoms with Gasteiger partial charge in [-0.15, -0.1) is 0 Å². The van der Waals surface area contributed by atoms with Gasteiger partial charge in [0.2, 0.25) is 0 Å². The van der Waals surface area contributed by atoms with E-state index in [1.165, 1.54) is 31.4 Å². The van der Waals surface area contributed by atoms with Gasteiger partial charge in [-0.1, -0.05) is 33.1 Å². The van der Waals surface area contributed by atoms with Crippen LogP contribution in [0.15, 0.2) is 24.3 Å². The fourth-order valence-electron chi connectivity index (χ4n) is 5.30. The average Bonchev–Trinajstić information content (AvgIpc) is 3.22. The second kappa shape index (κ2) is 13.1. The number of carbonyl (C=O) groups is 2. The average molecular weight is 517 g/mol. The zero-order chi connectivity index (χ0) is 27.1. The maximum atomic E-state index is 13.6. The lowest BCUT2D eigenvalue weighted by molar-refractivity contribution is -0.307. The van der Waals surface area contributed by atoms with Gasteiger partial charge in [-0.05, 0) is 68.2 Å². The molecule has 1 aromatic heterocycles. The van der Waals surface area contributed by atoms with Crippen LogP contribution in [0.4, 0.5) is 4.39 Å². The van der Waals surface area contributed by atoms with Crippen LogP contribution < -0.4 is 5.11 Å². The van der Waals surface area contributed by atoms with Crippen molar-refractivity contribution in [3.63, 3.8) is 0 Å². The van der Waals surface area contributed by atoms with Crippen LogP contribution in [0.1, 0.15) is 92.9 Å². The highest BCUT2D eigenvalue weighted by Gasteiger charge is 2.29. The number of aliphatic hydroxyl groups is 2. The van der Waals surface area contributed by atoms with Crippen LogP contribution in [0.25, 0.3) is 5.69 Å². The van der Waals surface area contributed by atoms with Gasteiger partial charge in [0, 0.05) is 37.2 Å². The fourth-order valence-corrected chi connectivity index (χ4v) is 5.30. The summed E-state index contributed by atoms with van der Waals surface area (Å²) in [5, 5.41) is 35.8. The van der Waals surface area contributed by atoms with Crippen LogP contribution in [-0.4, -0.2) is 62.6 Å². The topological polar surface area (TPSA) is 119 Å². The molecule has 9 heteroatoms. The predicted octanol–water partition coefficient (Wildman–Crippen LogP) is 2.97. The Balaban J connectivity index is 1.91. The standard InChI is InChI=1S/C28H40FN3O5/c1-18(2)26-24(14-13-22(33)15-23(34)16-25(35)36)32(21-11-9-20(29)10-12-21)30-27(26)28(37)31(3)17-19-7-5-4-6-8-19/h9-12,18-19,22-23,33-34H,4-8,13-17H2,1-3H3,(H,35,36)/p-1/t22-,23-/m1/s1. The van der Waals surface area contributed by atoms with Crippen LogP contribution in [0.3, 0.4) is 0 Å². The number of amides is 1. The molecule has 2 aromatic rings. The molecule has 1 heterocycles. The third-order valence-corrected chi connectivity index (χ3v) is 7.14. The Bertz CT molecular complexity index is 1050. The van der Waals surface area contributed by atoms with Crippen molar-refractivity contribution in [2.24, 2.45) is 5.92 Å². The molecule has 1 aromatic carbocycles. The van der Waals surface area contributed by atoms with E-state index in [1.807, 2.05) is 13.8 Å². The highest BCUT2D eigenvalue weighted by Crippen LogP contribution is 2.30. The van der Waals surface area contributed by atoms with Crippen LogP contribution in [-0.2, 0) is 11.2 Å². The van der Waals surface area contributed by atoms with E-state index in [2.05, 4.69) is 0 Å². The number of rotatable bonds is 12. The van der Waals surface area contributed by atoms with Crippen molar-refractivity contribution in [3.8, 4) is 5.69 Å². The van der Waals surface area contributed by atoms with E-state index in [-0.39, 0.29) is 30.5 Å². The molecule has 0 radical (unpaired) electrons. The minimum atomic E-state index is -1.38. The normalized spacial score (nSPS) is 16.1. The first-order valence-corrected chi connectivity index (χ1v) is 13.3. The third kappa shape index (κ3) is 7.85. The van der Waals surface area contributed by atoms with E-state index >= 15 is 0 Å². The number of carboxylic acid groups (broad SMARTS) is 1. The molecule has 0 aliphatic heterocycles. The molecule has 1 amide bonds. The van der Waals surface area contributed by atoms with Gasteiger partial charge in [0.25, 0.3) is 5.91 Å². The van der Waals surface area contributed by atoms with Gasteiger partial charge >= 0.3 is 0 Å². The van der Waals surface area contributed by atoms with Crippen molar-refractivity contribution >= 4 is 11.9 Å². The Morgan fingerprint density at radius 3 is 2.38 bits per heavy atom. The first-order valence-electron chi connectivity index (χ1n) is 13.3. The van der Waals surface area contributed by atoms with Gasteiger partial charge < -0.3 is 25.0 Å². The molecule has 1 aliphatic carbocycles. The van der Waals surface area contributed by atoms with Crippen molar-refractivity contribution in [1.29, 1.82) is 0 Å². The number of aliphatic hydroxyl groups excluding tert-OH is 2. The highest BCUT2D eigenvalue weighted by atomic mass is 19.1. The van der Waals surface area contributed by atoms with E-state index in [9.17, 15) is 29.3 Å². The molecular weight excluding hydrogens is 477 g/mol. The number of halogens is 1. The molecule has 3 rings (SSSR count). The van der Waals surface area contributed by atoms with Crippen molar-refractivity contribution in [1.82, 2.24) is 14.7 Å². The second-order valence-corrected chi connectivity index (χ2v) is 10.6. The van der Waals surface area contributed by atoms with Gasteiger partial charge in [0.15, 0.2) is 5.69 Å². The lowest BCUT2D eigenvalue weighted by Gasteiger charge is -2.27. The number of aromatic nitrogens is 2. The number of carboxylic acids is 1. The number of hydrogen-bond acceptors (Lipinski definition) is 6. The molecule has 37 heavy (non-hydrogen) atoms. The summed E-state index contributed by atoms with van der Waals surface area (Å²) in [6.45, 7) is 4.63. The van der Waals surface area contributed by atoms with E-state index in [0.29, 0.717) is 30.3 Å². The SMILES string of the molecule is CC(C)c1c(C(=O)N(C)CC2CCCCC2)nn(-c2ccc(F)cc2)c1CC[C@@H](O)C[C@@H](O)CC(=O)[O-]. The number of benzene rings is 1. The van der Waals surface area contributed by atoms with Gasteiger partial charge in [-0.3, -0.25) is 4.79 Å². The molecule has 1 saturated carbocycles. The summed E-state index contributed by atoms with van der Waals surface area (Å²) in [6, 6.07) is 5.85. The van der Waals surface area contributed by atoms with Crippen LogP contribution >= 0.6 is 0 Å². The van der Waals surface area contributed by atoms with Crippen LogP contribution in [0.2, 0.25) is 0 Å². The van der Waals surface area contributed by atoms with Crippen molar-refractivity contribution < 1.29 is 29.3 Å². The van der Waals surface area contributed by atoms with Crippen molar-refractivity contribution in [2.45, 2.75) is 89.8 Å². The first-order chi connectivity index (χ1) is 17.6. The molecule has 1 aliphatic rings. The van der Waals surface area contributed by atoms with Crippen molar-refractivity contribution in [3.05, 3.63) is 47.0 Å². The van der Waals surface area contributed by atoms with E-state index in [1.54, 1.807) is 28.8 Å². The highest BCUT2D eigenvalue weighted by molar-refractivity contribution is 5.94. The summed E-state index contributed by atoms with van der Waals surface area (Å²) in [6.07, 6.45) is 3.58. The summed E-state index contributed by atoms with van der Waals surface area (Å²) in [5.41, 5.74) is 2.44. The maximum Gasteiger partial charge on any atom is 0.274 e. The van der Waals surface area contributed by atoms with Gasteiger partial charge in [0.05, 0.1) is 17.9 Å². The van der Waals surface area contributed by atoms with Gasteiger partial charge in [-0.2, -0.15) is 5.10 Å². The van der Waals surface area contributed by atoms with Crippen LogP contribution in [0.5, 0.6) is 0 Å². The minimum Gasteiger partial charge on any atom is -0.550 e. The molecule has 0 saturated heterocycles. The number of nitrogens with zero attached hydrogens (tertiary/aromatic N) is 3. The summed E-state index contributed by atoms with van der Waals surface area (Å²) in [4.78, 5) is 26.1. The molecule has 2 N–H and O–H groups in total. The maximum absolute atomic E-state index is 13.6. The van der Waals surface area contributed by atoms with Crippen molar-refractivity contribution in [2.75, 3.05) is 13.6 Å². The lowest BCUT2D eigenvalue weighted by atomic mass is 9.89. The summed E-state index contributed by atoms with van der Waals surface area (Å²) >= 11 is 0. The van der Waals surface area contributed by atoms with E-state index < -0.39 is 24.6 Å². The first kappa shape index (κ1) is 28.8. The third-order valence-electron chi connectivity index (χ3n) is 7.14. The molecule has 0 spiro atoms. The molecule has 204 valence electrons. The largest absolute Gasteiger partial charge is 0.550 e. The summed E-state index contributed by atoms with van der Waals surface area (Å²) in [5.74, 6) is -1.50. The van der Waals surface area contributed by atoms with E-state index in [4.69, 9.17) is 5.10 Å². The molecule has 0 unspecified atom stereocenters. The lowest BCUT2D eigenvalue weighted by Crippen LogP contribution is -2.33. The smallest absolute Gasteiger partial charge is 0.274 e. The Hall–Kier alpha value is -2.78. The molecule has 0 bridgehead atoms. The predicted molar refractivity (Wildman–Crippen MR) is 136 cm³/mol. The fraction of sp³-hybridized carbons (Fsp3) is 0.607. The molecular formula is C28H39FN3O5-. The molecule has 8 nitrogen and oxygen atoms in total. The van der Waals surface area contributed by atoms with E-state index in [0.717, 1.165) is 24.1 Å². The summed E-state index contributed by atoms with van der Waals surface area (Å²) in [7, 11) is 1.81. The Kier molecular flexibility index (Phi) is 10.2. The zero-order valence-electron chi connectivity index (χ0n) is 22.0. The number of aliphatic carboxylic acids is 1. The Morgan fingerprint density at radius 2 is 1.78 bits per heavy atom. The monoisotopic (exact) mass is 516 g/mol. The second-order valence-electron chi connectivity index (χ2n) is 10.6. The quantitative estimate of drug-likeness (QED) is 0.448. The molecule has 2 atom stereocenters. The molecule has 1 fully saturated rings. The van der Waals surface area contributed by atoms with Crippen LogP contribution in [0, 0.1) is 11.7 Å². The minimum absolute atomic E-state index is 0.0490.